The second-order valence-corrected chi connectivity index (χ2v) is 7.22. The lowest BCUT2D eigenvalue weighted by Crippen LogP contribution is -2.24. The third-order valence-corrected chi connectivity index (χ3v) is 5.05. The Hall–Kier alpha value is -3.46. The quantitative estimate of drug-likeness (QED) is 0.486. The summed E-state index contributed by atoms with van der Waals surface area (Å²) < 4.78 is 43.3. The van der Waals surface area contributed by atoms with Crippen molar-refractivity contribution in [1.82, 2.24) is 14.1 Å². The number of pyridine rings is 1. The number of fused-ring (bicyclic) bond motifs is 1. The first kappa shape index (κ1) is 20.8. The maximum atomic E-state index is 13.0. The van der Waals surface area contributed by atoms with E-state index in [4.69, 9.17) is 11.6 Å². The zero-order valence-corrected chi connectivity index (χ0v) is 16.8. The molecule has 4 aromatic rings. The van der Waals surface area contributed by atoms with Gasteiger partial charge in [0, 0.05) is 16.6 Å². The molecule has 160 valence electrons. The molecule has 0 aliphatic rings. The van der Waals surface area contributed by atoms with Crippen molar-refractivity contribution in [3.05, 3.63) is 81.5 Å². The Morgan fingerprint density at radius 2 is 1.84 bits per heavy atom. The number of aromatic hydroxyl groups is 1. The second kappa shape index (κ2) is 7.66. The topological polar surface area (TPSA) is 69.3 Å². The average molecular weight is 450 g/mol. The van der Waals surface area contributed by atoms with Crippen LogP contribution in [-0.2, 0) is 6.54 Å². The fourth-order valence-electron chi connectivity index (χ4n) is 3.34. The first-order valence-electron chi connectivity index (χ1n) is 9.04. The van der Waals surface area contributed by atoms with Crippen LogP contribution in [0.4, 0.5) is 13.2 Å². The summed E-state index contributed by atoms with van der Waals surface area (Å²) in [6.07, 6.45) is -3.22. The van der Waals surface area contributed by atoms with E-state index in [0.29, 0.717) is 16.2 Å². The summed E-state index contributed by atoms with van der Waals surface area (Å²) in [4.78, 5) is 17.3. The maximum absolute atomic E-state index is 13.0. The fourth-order valence-corrected chi connectivity index (χ4v) is 3.51. The van der Waals surface area contributed by atoms with Crippen LogP contribution in [0.2, 0.25) is 5.02 Å². The number of halogens is 4. The van der Waals surface area contributed by atoms with Crippen molar-refractivity contribution in [2.45, 2.75) is 19.8 Å². The first-order chi connectivity index (χ1) is 14.6. The van der Waals surface area contributed by atoms with Crippen LogP contribution in [0.5, 0.6) is 11.6 Å². The van der Waals surface area contributed by atoms with Gasteiger partial charge in [0.1, 0.15) is 5.75 Å². The van der Waals surface area contributed by atoms with E-state index in [2.05, 4.69) is 9.72 Å². The van der Waals surface area contributed by atoms with E-state index in [0.717, 1.165) is 27.6 Å². The van der Waals surface area contributed by atoms with Crippen molar-refractivity contribution in [2.75, 3.05) is 0 Å². The van der Waals surface area contributed by atoms with Gasteiger partial charge < -0.3 is 9.84 Å². The minimum atomic E-state index is -4.82. The highest BCUT2D eigenvalue weighted by Gasteiger charge is 2.31. The van der Waals surface area contributed by atoms with Crippen LogP contribution < -0.4 is 10.4 Å². The molecule has 0 aliphatic heterocycles. The first-order valence-corrected chi connectivity index (χ1v) is 9.42. The highest BCUT2D eigenvalue weighted by Crippen LogP contribution is 2.27. The average Bonchev–Trinajstić information content (AvgIpc) is 2.91. The fraction of sp³-hybridized carbons (Fsp3) is 0.143. The predicted octanol–water partition coefficient (Wildman–Crippen LogP) is 4.80. The molecule has 1 N–H and O–H groups in total. The number of benzene rings is 2. The Bertz CT molecular complexity index is 1330. The van der Waals surface area contributed by atoms with Crippen molar-refractivity contribution >= 4 is 22.5 Å². The molecule has 0 atom stereocenters. The third-order valence-electron chi connectivity index (χ3n) is 4.81. The van der Waals surface area contributed by atoms with Crippen molar-refractivity contribution in [3.63, 3.8) is 0 Å². The van der Waals surface area contributed by atoms with Crippen molar-refractivity contribution in [3.8, 4) is 17.3 Å². The molecule has 2 heterocycles. The summed E-state index contributed by atoms with van der Waals surface area (Å²) in [6.45, 7) is 1.73. The van der Waals surface area contributed by atoms with Crippen LogP contribution >= 0.6 is 11.6 Å². The lowest BCUT2D eigenvalue weighted by Gasteiger charge is -2.09. The number of hydrogen-bond acceptors (Lipinski definition) is 4. The number of alkyl halides is 3. The second-order valence-electron chi connectivity index (χ2n) is 6.79. The number of hydrogen-bond donors (Lipinski definition) is 1. The molecular formula is C21H15ClF3N3O3. The third kappa shape index (κ3) is 4.09. The van der Waals surface area contributed by atoms with E-state index >= 15 is 0 Å². The highest BCUT2D eigenvalue weighted by molar-refractivity contribution is 6.31. The lowest BCUT2D eigenvalue weighted by molar-refractivity contribution is -0.274. The van der Waals surface area contributed by atoms with Gasteiger partial charge in [-0.15, -0.1) is 13.2 Å². The van der Waals surface area contributed by atoms with Crippen molar-refractivity contribution in [2.24, 2.45) is 0 Å². The van der Waals surface area contributed by atoms with Gasteiger partial charge in [0.2, 0.25) is 5.88 Å². The molecule has 31 heavy (non-hydrogen) atoms. The van der Waals surface area contributed by atoms with Gasteiger partial charge in [-0.3, -0.25) is 9.55 Å². The van der Waals surface area contributed by atoms with E-state index in [1.165, 1.54) is 16.7 Å². The molecular weight excluding hydrogens is 435 g/mol. The monoisotopic (exact) mass is 449 g/mol. The van der Waals surface area contributed by atoms with Crippen LogP contribution in [0, 0.1) is 6.92 Å². The van der Waals surface area contributed by atoms with E-state index < -0.39 is 17.8 Å². The molecule has 2 aromatic heterocycles. The van der Waals surface area contributed by atoms with Crippen molar-refractivity contribution in [1.29, 1.82) is 0 Å². The molecule has 0 radical (unpaired) electrons. The molecule has 0 spiro atoms. The largest absolute Gasteiger partial charge is 0.573 e. The minimum Gasteiger partial charge on any atom is -0.493 e. The van der Waals surface area contributed by atoms with Gasteiger partial charge in [0.05, 0.1) is 23.4 Å². The molecule has 0 saturated carbocycles. The Balaban J connectivity index is 1.73. The van der Waals surface area contributed by atoms with Gasteiger partial charge in [-0.25, -0.2) is 9.36 Å². The molecule has 4 rings (SSSR count). The van der Waals surface area contributed by atoms with Crippen molar-refractivity contribution < 1.29 is 23.0 Å². The van der Waals surface area contributed by atoms with Crippen LogP contribution in [0.15, 0.2) is 59.5 Å². The molecule has 0 fully saturated rings. The van der Waals surface area contributed by atoms with Gasteiger partial charge in [-0.2, -0.15) is 0 Å². The van der Waals surface area contributed by atoms with Gasteiger partial charge in [-0.1, -0.05) is 17.7 Å². The summed E-state index contributed by atoms with van der Waals surface area (Å²) in [6, 6.07) is 11.7. The van der Waals surface area contributed by atoms with E-state index in [-0.39, 0.29) is 18.1 Å². The van der Waals surface area contributed by atoms with Gasteiger partial charge in [-0.05, 0) is 55.0 Å². The zero-order valence-electron chi connectivity index (χ0n) is 16.0. The van der Waals surface area contributed by atoms with Crippen LogP contribution in [0.25, 0.3) is 16.6 Å². The number of rotatable bonds is 4. The Morgan fingerprint density at radius 1 is 1.13 bits per heavy atom. The van der Waals surface area contributed by atoms with Crippen LogP contribution in [0.3, 0.4) is 0 Å². The summed E-state index contributed by atoms with van der Waals surface area (Å²) in [5.74, 6) is -0.738. The van der Waals surface area contributed by atoms with E-state index in [1.54, 1.807) is 37.4 Å². The van der Waals surface area contributed by atoms with E-state index in [1.807, 2.05) is 0 Å². The number of nitrogens with zero attached hydrogens (tertiary/aromatic N) is 3. The number of imidazole rings is 1. The van der Waals surface area contributed by atoms with Gasteiger partial charge in [0.25, 0.3) is 0 Å². The summed E-state index contributed by atoms with van der Waals surface area (Å²) in [5, 5.41) is 11.9. The SMILES string of the molecule is Cc1c(O)n(-c2ccc(OC(F)(F)F)cc2)c(=O)n1Cc1ccnc2cc(Cl)ccc12. The summed E-state index contributed by atoms with van der Waals surface area (Å²) >= 11 is 6.02. The Kier molecular flexibility index (Phi) is 5.14. The lowest BCUT2D eigenvalue weighted by atomic mass is 10.1. The summed E-state index contributed by atoms with van der Waals surface area (Å²) in [7, 11) is 0. The van der Waals surface area contributed by atoms with Gasteiger partial charge >= 0.3 is 12.1 Å². The highest BCUT2D eigenvalue weighted by atomic mass is 35.5. The summed E-state index contributed by atoms with van der Waals surface area (Å²) in [5.41, 5.74) is 1.42. The van der Waals surface area contributed by atoms with E-state index in [9.17, 15) is 23.1 Å². The Labute approximate surface area is 178 Å². The maximum Gasteiger partial charge on any atom is 0.573 e. The Morgan fingerprint density at radius 3 is 2.52 bits per heavy atom. The molecule has 0 aliphatic carbocycles. The van der Waals surface area contributed by atoms with Gasteiger partial charge in [0.15, 0.2) is 0 Å². The molecule has 0 bridgehead atoms. The normalized spacial score (nSPS) is 11.8. The molecule has 6 nitrogen and oxygen atoms in total. The number of ether oxygens (including phenoxy) is 1. The zero-order chi connectivity index (χ0) is 22.3. The molecule has 0 saturated heterocycles. The predicted molar refractivity (Wildman–Crippen MR) is 109 cm³/mol. The number of aromatic nitrogens is 3. The van der Waals surface area contributed by atoms with Crippen LogP contribution in [-0.4, -0.2) is 25.6 Å². The molecule has 2 aromatic carbocycles. The standard InChI is InChI=1S/C21H15ClF3N3O3/c1-12-19(29)28(15-3-5-16(6-4-15)31-21(23,24)25)20(30)27(12)11-13-8-9-26-18-10-14(22)2-7-17(13)18/h2-10,29H,11H2,1H3. The molecule has 0 unspecified atom stereocenters. The van der Waals surface area contributed by atoms with Crippen LogP contribution in [0.1, 0.15) is 11.3 Å². The smallest absolute Gasteiger partial charge is 0.493 e. The molecule has 10 heteroatoms. The minimum absolute atomic E-state index is 0.154. The molecule has 0 amide bonds.